The first-order valence-corrected chi connectivity index (χ1v) is 47.5. The summed E-state index contributed by atoms with van der Waals surface area (Å²) >= 11 is 23.5. The molecule has 0 bridgehead atoms. The summed E-state index contributed by atoms with van der Waals surface area (Å²) in [6, 6.07) is 120. The molecule has 522 valence electrons. The van der Waals surface area contributed by atoms with Gasteiger partial charge in [0.1, 0.15) is 0 Å². The molecule has 4 spiro atoms. The topological polar surface area (TPSA) is 28.2 Å². The van der Waals surface area contributed by atoms with Crippen LogP contribution in [0.5, 0.6) is 11.5 Å². The van der Waals surface area contributed by atoms with Gasteiger partial charge < -0.3 is 0 Å². The van der Waals surface area contributed by atoms with Gasteiger partial charge in [0.2, 0.25) is 0 Å². The number of nitrogens with zero attached hydrogens (tertiary/aromatic N) is 3. The molecule has 0 unspecified atom stereocenters. The molecule has 0 radical (unpaired) electrons. The van der Waals surface area contributed by atoms with Crippen LogP contribution in [0.3, 0.4) is 0 Å². The van der Waals surface area contributed by atoms with Crippen LogP contribution < -0.4 is 30.1 Å². The summed E-state index contributed by atoms with van der Waals surface area (Å²) in [5.41, 5.74) is 38.3. The molecule has 10 heteroatoms. The van der Waals surface area contributed by atoms with E-state index in [1.54, 1.807) is 0 Å². The van der Waals surface area contributed by atoms with Crippen molar-refractivity contribution in [1.29, 1.82) is 0 Å². The quantitative estimate of drug-likeness (QED) is 0.0999. The van der Waals surface area contributed by atoms with Crippen LogP contribution in [0.25, 0.3) is 66.8 Å². The zero-order valence-corrected chi connectivity index (χ0v) is 66.1. The first kappa shape index (κ1) is 62.3. The van der Waals surface area contributed by atoms with Crippen molar-refractivity contribution in [2.45, 2.75) is 30.1 Å². The molecule has 16 aromatic carbocycles. The second-order valence-electron chi connectivity index (χ2n) is 31.4. The van der Waals surface area contributed by atoms with Crippen molar-refractivity contribution in [2.24, 2.45) is 0 Å². The summed E-state index contributed by atoms with van der Waals surface area (Å²) in [6.07, 6.45) is 0. The Balaban J connectivity index is 0.813. The minimum atomic E-state index is -7.06. The van der Waals surface area contributed by atoms with Gasteiger partial charge in [-0.25, -0.2) is 0 Å². The van der Waals surface area contributed by atoms with Crippen LogP contribution in [0.15, 0.2) is 315 Å². The molecule has 4 heterocycles. The number of fused-ring (bicyclic) bond motifs is 31. The number of aryl methyl sites for hydroxylation is 2. The molecule has 0 fully saturated rings. The average Bonchev–Trinajstić information content (AvgIpc) is 1.60. The Morgan fingerprint density at radius 2 is 0.441 bits per heavy atom. The second kappa shape index (κ2) is 21.0. The van der Waals surface area contributed by atoms with Gasteiger partial charge in [-0.1, -0.05) is 0 Å². The number of hydrogen-bond donors (Lipinski definition) is 0. The van der Waals surface area contributed by atoms with E-state index in [-0.39, 0.29) is 31.6 Å². The molecule has 0 atom stereocenters. The normalized spacial score (nSPS) is 16.7. The fourth-order valence-electron chi connectivity index (χ4n) is 22.9. The van der Waals surface area contributed by atoms with E-state index in [0.29, 0.717) is 0 Å². The van der Waals surface area contributed by atoms with Gasteiger partial charge in [-0.05, 0) is 0 Å². The molecule has 26 rings (SSSR count). The van der Waals surface area contributed by atoms with Crippen LogP contribution in [-0.2, 0) is 16.2 Å². The number of rotatable bonds is 3. The van der Waals surface area contributed by atoms with E-state index < -0.39 is 35.9 Å². The Bertz CT molecular complexity index is 6650. The Kier molecular flexibility index (Phi) is 11.8. The van der Waals surface area contributed by atoms with Gasteiger partial charge in [-0.15, -0.1) is 0 Å². The average molecular weight is 1700 g/mol. The molecule has 0 N–H and O–H groups in total. The van der Waals surface area contributed by atoms with Gasteiger partial charge in [-0.3, -0.25) is 0 Å². The van der Waals surface area contributed by atoms with E-state index >= 15 is 0 Å². The second-order valence-corrected chi connectivity index (χ2v) is 47.0. The molecule has 111 heavy (non-hydrogen) atoms. The maximum absolute atomic E-state index is 8.75. The third kappa shape index (κ3) is 6.91. The van der Waals surface area contributed by atoms with Crippen LogP contribution in [0.1, 0.15) is 77.9 Å². The Labute approximate surface area is 663 Å². The third-order valence-corrected chi connectivity index (χ3v) is 47.2. The predicted molar refractivity (Wildman–Crippen MR) is 455 cm³/mol. The predicted octanol–water partition coefficient (Wildman–Crippen LogP) is 25.2. The molecule has 0 amide bonds. The molecule has 0 saturated carbocycles. The van der Waals surface area contributed by atoms with Gasteiger partial charge in [0.15, 0.2) is 0 Å². The number of anilines is 9. The molecule has 16 aromatic rings. The van der Waals surface area contributed by atoms with Crippen molar-refractivity contribution in [1.82, 2.24) is 0 Å². The van der Waals surface area contributed by atoms with Crippen LogP contribution >= 0.6 is 46.4 Å². The van der Waals surface area contributed by atoms with Crippen molar-refractivity contribution in [3.8, 4) is 78.3 Å². The zero-order valence-electron chi connectivity index (χ0n) is 59.6. The summed E-state index contributed by atoms with van der Waals surface area (Å²) in [5, 5.41) is 0.463. The molecular weight excluding hydrogens is 1640 g/mol. The summed E-state index contributed by atoms with van der Waals surface area (Å²) in [4.78, 5) is 7.64. The molecular formula is C101H58BiCl4N3O2. The molecule has 6 aliphatic carbocycles. The molecule has 4 aliphatic heterocycles. The number of hydrogen-bond acceptors (Lipinski definition) is 5. The monoisotopic (exact) mass is 1690 g/mol. The summed E-state index contributed by atoms with van der Waals surface area (Å²) in [7, 11) is 0. The standard InChI is InChI=1S/C95H58N3.C6H2Cl4O2.Bi/c1-58-48-65-53-67(50-58)98(64-44-47-80-77-32-11-20-41-89(77)95(92(80)57-64)85-37-16-7-28-73(85)74-29-8-17-38-86(74)95)68-51-59(2)49-66(54-68)97(63-43-46-79-76-31-10-19-40-88(76)94(91(79)56-63)83-35-14-5-26-71(83)72-27-6-15-36-84(72)94)61-23-21-22-60(52-61)96(65)62-42-45-78-75-30-9-18-39-87(75)93(90(78)55-62)81-33-12-3-24-69(81)70-25-4-13-34-82(70)93;7-1-2(8)4(10)6(12)5(11)3(1)9;/h3-51,55-57H,1-2H3;11-12H;/q;;+2/p-2. The number of halogens is 4. The first-order valence-electron chi connectivity index (χ1n) is 37.9. The van der Waals surface area contributed by atoms with Gasteiger partial charge >= 0.3 is 669 Å². The van der Waals surface area contributed by atoms with Gasteiger partial charge in [-0.2, -0.15) is 0 Å². The van der Waals surface area contributed by atoms with Gasteiger partial charge in [0.05, 0.1) is 0 Å². The fourth-order valence-corrected chi connectivity index (χ4v) is 46.8. The van der Waals surface area contributed by atoms with E-state index in [4.69, 9.17) is 52.0 Å². The van der Waals surface area contributed by atoms with Crippen LogP contribution in [-0.4, -0.2) is 19.7 Å². The summed E-state index contributed by atoms with van der Waals surface area (Å²) in [5.74, 6) is 0.550. The number of benzene rings is 16. The SMILES string of the molecule is Cc1cc2[c]3c(c1)N(c1ccc4c(c1)C1(c5ccccc5-c5ccccc51)c1ccccc1-4)c1cc(C)cc4[c]1[Bi]31([O]c3c(Cl)c(Cl)c(Cl)c(Cl)c3[O]1)[c]1c(cccc1N4c1ccc3c(c1)C1(c4ccccc4-c4ccccc41)c1ccccc1-3)N2c1ccc2c(c1)C1(c3ccccc3-c3ccccc31)c1ccccc1-2. The summed E-state index contributed by atoms with van der Waals surface area (Å²) < 4.78 is 20.3. The Morgan fingerprint density at radius 3 is 0.694 bits per heavy atom. The molecule has 0 saturated heterocycles. The molecule has 10 aliphatic rings. The summed E-state index contributed by atoms with van der Waals surface area (Å²) in [6.45, 7) is 4.47. The van der Waals surface area contributed by atoms with Crippen LogP contribution in [0.2, 0.25) is 20.1 Å². The van der Waals surface area contributed by atoms with Crippen molar-refractivity contribution in [3.63, 3.8) is 0 Å². The van der Waals surface area contributed by atoms with E-state index in [0.717, 1.165) is 72.1 Å². The van der Waals surface area contributed by atoms with Crippen molar-refractivity contribution in [3.05, 3.63) is 413 Å². The van der Waals surface area contributed by atoms with E-state index in [2.05, 4.69) is 344 Å². The van der Waals surface area contributed by atoms with Crippen molar-refractivity contribution < 1.29 is 5.63 Å². The Morgan fingerprint density at radius 1 is 0.225 bits per heavy atom. The third-order valence-electron chi connectivity index (χ3n) is 26.5. The first-order chi connectivity index (χ1) is 54.5. The van der Waals surface area contributed by atoms with Crippen molar-refractivity contribution >= 4 is 127 Å². The maximum atomic E-state index is 8.75. The molecule has 5 nitrogen and oxygen atoms in total. The zero-order chi connectivity index (χ0) is 73.3. The fraction of sp³-hybridized carbons (Fsp3) is 0.0495. The minimum absolute atomic E-state index is 0.0937. The Hall–Kier alpha value is -11.4. The van der Waals surface area contributed by atoms with Crippen LogP contribution in [0.4, 0.5) is 51.2 Å². The van der Waals surface area contributed by atoms with Crippen LogP contribution in [0, 0.1) is 13.8 Å². The van der Waals surface area contributed by atoms with Gasteiger partial charge in [0.25, 0.3) is 0 Å². The molecule has 0 aromatic heterocycles. The van der Waals surface area contributed by atoms with E-state index in [1.807, 2.05) is 0 Å². The van der Waals surface area contributed by atoms with Crippen molar-refractivity contribution in [2.75, 3.05) is 14.7 Å². The van der Waals surface area contributed by atoms with E-state index in [1.165, 1.54) is 134 Å². The van der Waals surface area contributed by atoms with Gasteiger partial charge in [0, 0.05) is 0 Å². The van der Waals surface area contributed by atoms with E-state index in [9.17, 15) is 0 Å².